The van der Waals surface area contributed by atoms with Gasteiger partial charge in [-0.15, -0.1) is 5.10 Å². The van der Waals surface area contributed by atoms with E-state index in [2.05, 4.69) is 15.3 Å². The molecular weight excluding hydrogens is 209 g/mol. The molecule has 6 nitrogen and oxygen atoms in total. The smallest absolute Gasteiger partial charge is 0.298 e. The van der Waals surface area contributed by atoms with Crippen molar-refractivity contribution in [3.63, 3.8) is 0 Å². The molecule has 8 heteroatoms. The summed E-state index contributed by atoms with van der Waals surface area (Å²) in [5.74, 6) is -0.140. The van der Waals surface area contributed by atoms with Crippen molar-refractivity contribution in [2.24, 2.45) is 5.10 Å². The monoisotopic (exact) mass is 211 g/mol. The fraction of sp³-hybridized carbons (Fsp3) is 0. The Morgan fingerprint density at radius 2 is 2.33 bits per heavy atom. The van der Waals surface area contributed by atoms with Crippen molar-refractivity contribution < 1.29 is 14.7 Å². The predicted molar refractivity (Wildman–Crippen MR) is 40.1 cm³/mol. The van der Waals surface area contributed by atoms with Gasteiger partial charge in [-0.3, -0.25) is 10.0 Å². The zero-order chi connectivity index (χ0) is 9.14. The topological polar surface area (TPSA) is 74.2 Å². The van der Waals surface area contributed by atoms with Crippen molar-refractivity contribution in [1.29, 1.82) is 0 Å². The van der Waals surface area contributed by atoms with Gasteiger partial charge in [0.1, 0.15) is 0 Å². The van der Waals surface area contributed by atoms with Crippen molar-refractivity contribution in [3.8, 4) is 0 Å². The van der Waals surface area contributed by atoms with E-state index in [1.165, 1.54) is 0 Å². The van der Waals surface area contributed by atoms with E-state index in [0.717, 1.165) is 0 Å². The highest BCUT2D eigenvalue weighted by Gasteiger charge is 2.19. The van der Waals surface area contributed by atoms with E-state index < -0.39 is 0 Å². The van der Waals surface area contributed by atoms with Crippen LogP contribution in [0.4, 0.5) is 0 Å². The van der Waals surface area contributed by atoms with Crippen LogP contribution < -0.4 is 5.43 Å². The van der Waals surface area contributed by atoms with Crippen LogP contribution in [0.15, 0.2) is 16.0 Å². The van der Waals surface area contributed by atoms with E-state index in [1.54, 1.807) is 0 Å². The highest BCUT2D eigenvalue weighted by molar-refractivity contribution is 6.70. The van der Waals surface area contributed by atoms with Crippen molar-refractivity contribution in [2.45, 2.75) is 0 Å². The maximum Gasteiger partial charge on any atom is 0.298 e. The fourth-order valence-electron chi connectivity index (χ4n) is 0.531. The number of hydrazine groups is 1. The van der Waals surface area contributed by atoms with Gasteiger partial charge in [-0.25, -0.2) is 5.43 Å². The lowest BCUT2D eigenvalue weighted by molar-refractivity contribution is -0.131. The molecule has 0 amide bonds. The van der Waals surface area contributed by atoms with Crippen LogP contribution in [0.25, 0.3) is 0 Å². The number of nitrogens with zero attached hydrogens (tertiary/aromatic N) is 2. The summed E-state index contributed by atoms with van der Waals surface area (Å²) in [6.45, 7) is 0.143. The number of allylic oxidation sites excluding steroid dienone is 1. The fourth-order valence-corrected chi connectivity index (χ4v) is 1.000. The zero-order valence-corrected chi connectivity index (χ0v) is 7.00. The van der Waals surface area contributed by atoms with Crippen LogP contribution in [0.3, 0.4) is 0 Å². The normalized spacial score (nSPS) is 16.9. The summed E-state index contributed by atoms with van der Waals surface area (Å²) in [7, 11) is 0. The Balaban J connectivity index is 2.88. The first-order valence-electron chi connectivity index (χ1n) is 2.65. The SMILES string of the molecule is O=COC1=C(Cl)NN(O)N=C1Cl. The number of nitrogens with one attached hydrogen (secondary N) is 1. The number of hydrogen-bond acceptors (Lipinski definition) is 6. The first-order chi connectivity index (χ1) is 5.65. The third-order valence-corrected chi connectivity index (χ3v) is 1.44. The molecule has 0 fully saturated rings. The molecule has 0 radical (unpaired) electrons. The van der Waals surface area contributed by atoms with E-state index in [4.69, 9.17) is 28.4 Å². The van der Waals surface area contributed by atoms with E-state index in [9.17, 15) is 4.79 Å². The summed E-state index contributed by atoms with van der Waals surface area (Å²) in [4.78, 5) is 9.91. The van der Waals surface area contributed by atoms with Gasteiger partial charge in [-0.1, -0.05) is 28.5 Å². The van der Waals surface area contributed by atoms with Gasteiger partial charge in [-0.05, 0) is 0 Å². The zero-order valence-electron chi connectivity index (χ0n) is 5.49. The Kier molecular flexibility index (Phi) is 2.74. The van der Waals surface area contributed by atoms with Crippen LogP contribution in [0.5, 0.6) is 0 Å². The third kappa shape index (κ3) is 1.79. The van der Waals surface area contributed by atoms with Gasteiger partial charge in [0, 0.05) is 0 Å². The minimum atomic E-state index is -0.228. The van der Waals surface area contributed by atoms with Crippen LogP contribution in [-0.2, 0) is 9.53 Å². The lowest BCUT2D eigenvalue weighted by atomic mass is 10.5. The molecule has 0 aliphatic carbocycles. The molecule has 1 aliphatic rings. The standard InChI is InChI=1S/C4H3Cl2N3O3/c5-3-2(12-1-10)4(6)8-9(11)7-3/h1,7,11H. The molecule has 1 aliphatic heterocycles. The Morgan fingerprint density at radius 1 is 1.67 bits per heavy atom. The summed E-state index contributed by atoms with van der Waals surface area (Å²) in [6.07, 6.45) is 0. The molecule has 0 saturated heterocycles. The number of hydrogen-bond donors (Lipinski definition) is 2. The minimum Gasteiger partial charge on any atom is -0.422 e. The van der Waals surface area contributed by atoms with E-state index in [1.807, 2.05) is 0 Å². The maximum atomic E-state index is 9.91. The van der Waals surface area contributed by atoms with Gasteiger partial charge in [-0.2, -0.15) is 0 Å². The Morgan fingerprint density at radius 3 is 2.83 bits per heavy atom. The molecule has 1 rings (SSSR count). The highest BCUT2D eigenvalue weighted by atomic mass is 35.5. The molecule has 1 heterocycles. The van der Waals surface area contributed by atoms with E-state index >= 15 is 0 Å². The highest BCUT2D eigenvalue weighted by Crippen LogP contribution is 2.16. The van der Waals surface area contributed by atoms with Gasteiger partial charge in [0.25, 0.3) is 6.47 Å². The van der Waals surface area contributed by atoms with Crippen molar-refractivity contribution in [1.82, 2.24) is 10.7 Å². The molecule has 0 bridgehead atoms. The van der Waals surface area contributed by atoms with Gasteiger partial charge in [0.15, 0.2) is 10.3 Å². The molecule has 2 N–H and O–H groups in total. The maximum absolute atomic E-state index is 9.91. The van der Waals surface area contributed by atoms with E-state index in [0.29, 0.717) is 5.28 Å². The summed E-state index contributed by atoms with van der Waals surface area (Å²) in [5.41, 5.74) is 2.12. The molecule has 0 unspecified atom stereocenters. The second-order valence-electron chi connectivity index (χ2n) is 1.65. The van der Waals surface area contributed by atoms with Gasteiger partial charge in [0.05, 0.1) is 0 Å². The van der Waals surface area contributed by atoms with Crippen LogP contribution in [0, 0.1) is 0 Å². The van der Waals surface area contributed by atoms with E-state index in [-0.39, 0.29) is 22.6 Å². The average molecular weight is 212 g/mol. The van der Waals surface area contributed by atoms with Crippen molar-refractivity contribution in [3.05, 3.63) is 10.9 Å². The molecule has 0 saturated carbocycles. The van der Waals surface area contributed by atoms with Crippen molar-refractivity contribution in [2.75, 3.05) is 0 Å². The lowest BCUT2D eigenvalue weighted by Crippen LogP contribution is -2.34. The number of carbonyl (C=O) groups is 1. The Bertz CT molecular complexity index is 264. The number of ether oxygens (including phenoxy) is 1. The molecule has 0 aromatic rings. The van der Waals surface area contributed by atoms with Gasteiger partial charge < -0.3 is 4.74 Å². The summed E-state index contributed by atoms with van der Waals surface area (Å²) >= 11 is 10.9. The molecule has 12 heavy (non-hydrogen) atoms. The number of rotatable bonds is 2. The third-order valence-electron chi connectivity index (χ3n) is 0.933. The average Bonchev–Trinajstić information content (AvgIpc) is 1.96. The second-order valence-corrected chi connectivity index (χ2v) is 2.39. The van der Waals surface area contributed by atoms with Crippen molar-refractivity contribution >= 4 is 34.8 Å². The summed E-state index contributed by atoms with van der Waals surface area (Å²) < 4.78 is 4.36. The quantitative estimate of drug-likeness (QED) is 0.509. The van der Waals surface area contributed by atoms with Crippen LogP contribution in [0.2, 0.25) is 0 Å². The number of halogens is 2. The van der Waals surface area contributed by atoms with Gasteiger partial charge >= 0.3 is 0 Å². The molecule has 0 aromatic heterocycles. The number of hydrazone groups is 1. The molecular formula is C4H3Cl2N3O3. The Labute approximate surface area is 76.9 Å². The predicted octanol–water partition coefficient (Wildman–Crippen LogP) is 0.329. The first kappa shape index (κ1) is 9.11. The van der Waals surface area contributed by atoms with Crippen LogP contribution in [-0.4, -0.2) is 22.1 Å². The van der Waals surface area contributed by atoms with Crippen LogP contribution >= 0.6 is 23.2 Å². The molecule has 0 spiro atoms. The summed E-state index contributed by atoms with van der Waals surface area (Å²) in [6, 6.07) is 0. The number of carbonyl (C=O) groups excluding carboxylic acids is 1. The molecule has 66 valence electrons. The largest absolute Gasteiger partial charge is 0.422 e. The molecule has 0 aromatic carbocycles. The molecule has 0 atom stereocenters. The first-order valence-corrected chi connectivity index (χ1v) is 3.41. The van der Waals surface area contributed by atoms with Crippen LogP contribution in [0.1, 0.15) is 0 Å². The second kappa shape index (κ2) is 3.61. The minimum absolute atomic E-state index is 0.135. The Hall–Kier alpha value is -0.980. The lowest BCUT2D eigenvalue weighted by Gasteiger charge is -2.18. The summed E-state index contributed by atoms with van der Waals surface area (Å²) in [5, 5.41) is 11.9. The van der Waals surface area contributed by atoms with Gasteiger partial charge in [0.2, 0.25) is 5.76 Å².